The maximum absolute atomic E-state index is 11.8. The summed E-state index contributed by atoms with van der Waals surface area (Å²) < 4.78 is 10.6. The fourth-order valence-electron chi connectivity index (χ4n) is 2.07. The van der Waals surface area contributed by atoms with Crippen molar-refractivity contribution in [3.8, 4) is 5.75 Å². The molecule has 0 bridgehead atoms. The highest BCUT2D eigenvalue weighted by molar-refractivity contribution is 7.80. The van der Waals surface area contributed by atoms with Gasteiger partial charge in [0.25, 0.3) is 0 Å². The molecule has 0 aromatic heterocycles. The van der Waals surface area contributed by atoms with Gasteiger partial charge in [0, 0.05) is 11.4 Å². The molecule has 2 aromatic carbocycles. The molecule has 0 radical (unpaired) electrons. The lowest BCUT2D eigenvalue weighted by Gasteiger charge is -2.12. The lowest BCUT2D eigenvalue weighted by molar-refractivity contribution is 0.0378. The maximum atomic E-state index is 11.8. The highest BCUT2D eigenvalue weighted by Gasteiger charge is 2.09. The van der Waals surface area contributed by atoms with E-state index in [1.54, 1.807) is 24.3 Å². The van der Waals surface area contributed by atoms with Crippen LogP contribution in [0, 0.1) is 0 Å². The van der Waals surface area contributed by atoms with Crippen LogP contribution >= 0.6 is 12.2 Å². The number of esters is 1. The summed E-state index contributed by atoms with van der Waals surface area (Å²) in [5, 5.41) is 6.63. The van der Waals surface area contributed by atoms with Gasteiger partial charge in [-0.3, -0.25) is 0 Å². The summed E-state index contributed by atoms with van der Waals surface area (Å²) in [7, 11) is 0. The summed E-state index contributed by atoms with van der Waals surface area (Å²) in [6.07, 6.45) is -0.142. The molecule has 0 saturated heterocycles. The minimum atomic E-state index is -0.336. The quantitative estimate of drug-likeness (QED) is 0.587. The second-order valence-electron chi connectivity index (χ2n) is 5.57. The molecular formula is C19H22N2O3S. The minimum Gasteiger partial charge on any atom is -0.494 e. The van der Waals surface area contributed by atoms with Crippen molar-refractivity contribution in [1.82, 2.24) is 0 Å². The number of rotatable bonds is 6. The van der Waals surface area contributed by atoms with Gasteiger partial charge in [0.05, 0.1) is 18.3 Å². The molecule has 2 aromatic rings. The van der Waals surface area contributed by atoms with Crippen LogP contribution in [0.1, 0.15) is 31.1 Å². The molecule has 0 aliphatic rings. The van der Waals surface area contributed by atoms with E-state index in [1.165, 1.54) is 0 Å². The Balaban J connectivity index is 1.90. The number of thiocarbonyl (C=S) groups is 1. The number of ether oxygens (including phenoxy) is 2. The van der Waals surface area contributed by atoms with Gasteiger partial charge in [0.1, 0.15) is 5.75 Å². The SMILES string of the molecule is CCOc1ccc(NC(=S)Nc2ccc(C(=O)OC(C)C)cc2)cc1. The van der Waals surface area contributed by atoms with Gasteiger partial charge in [-0.05, 0) is 81.5 Å². The third kappa shape index (κ3) is 6.08. The predicted octanol–water partition coefficient (Wildman–Crippen LogP) is 4.46. The Morgan fingerprint density at radius 2 is 1.52 bits per heavy atom. The first-order valence-corrected chi connectivity index (χ1v) is 8.50. The van der Waals surface area contributed by atoms with Crippen LogP contribution in [-0.2, 0) is 4.74 Å². The van der Waals surface area contributed by atoms with Crippen molar-refractivity contribution in [3.63, 3.8) is 0 Å². The first kappa shape index (κ1) is 18.7. The number of hydrogen-bond donors (Lipinski definition) is 2. The highest BCUT2D eigenvalue weighted by atomic mass is 32.1. The molecule has 0 amide bonds. The van der Waals surface area contributed by atoms with Gasteiger partial charge in [-0.2, -0.15) is 0 Å². The van der Waals surface area contributed by atoms with Crippen molar-refractivity contribution in [2.24, 2.45) is 0 Å². The van der Waals surface area contributed by atoms with E-state index in [0.717, 1.165) is 17.1 Å². The summed E-state index contributed by atoms with van der Waals surface area (Å²) in [5.74, 6) is 0.479. The van der Waals surface area contributed by atoms with Crippen LogP contribution in [0.4, 0.5) is 11.4 Å². The topological polar surface area (TPSA) is 59.6 Å². The van der Waals surface area contributed by atoms with E-state index in [1.807, 2.05) is 45.0 Å². The largest absolute Gasteiger partial charge is 0.494 e. The zero-order chi connectivity index (χ0) is 18.2. The van der Waals surface area contributed by atoms with Gasteiger partial charge in [-0.15, -0.1) is 0 Å². The van der Waals surface area contributed by atoms with Gasteiger partial charge in [-0.25, -0.2) is 4.79 Å². The molecule has 6 heteroatoms. The van der Waals surface area contributed by atoms with Crippen LogP contribution in [0.25, 0.3) is 0 Å². The Bertz CT molecular complexity index is 712. The van der Waals surface area contributed by atoms with Gasteiger partial charge >= 0.3 is 5.97 Å². The molecule has 0 unspecified atom stereocenters. The first-order chi connectivity index (χ1) is 12.0. The normalized spacial score (nSPS) is 10.2. The Labute approximate surface area is 153 Å². The Morgan fingerprint density at radius 3 is 2.00 bits per heavy atom. The van der Waals surface area contributed by atoms with E-state index in [0.29, 0.717) is 17.3 Å². The number of carbonyl (C=O) groups is 1. The van der Waals surface area contributed by atoms with Crippen LogP contribution < -0.4 is 15.4 Å². The van der Waals surface area contributed by atoms with Crippen molar-refractivity contribution >= 4 is 34.7 Å². The minimum absolute atomic E-state index is 0.142. The Morgan fingerprint density at radius 1 is 1.00 bits per heavy atom. The average molecular weight is 358 g/mol. The molecule has 0 aliphatic carbocycles. The molecule has 5 nitrogen and oxygen atoms in total. The lowest BCUT2D eigenvalue weighted by Crippen LogP contribution is -2.19. The number of carbonyl (C=O) groups excluding carboxylic acids is 1. The Kier molecular flexibility index (Phi) is 6.77. The van der Waals surface area contributed by atoms with E-state index in [2.05, 4.69) is 10.6 Å². The van der Waals surface area contributed by atoms with E-state index in [-0.39, 0.29) is 12.1 Å². The van der Waals surface area contributed by atoms with Crippen molar-refractivity contribution in [3.05, 3.63) is 54.1 Å². The van der Waals surface area contributed by atoms with Crippen molar-refractivity contribution in [1.29, 1.82) is 0 Å². The van der Waals surface area contributed by atoms with E-state index >= 15 is 0 Å². The van der Waals surface area contributed by atoms with Crippen LogP contribution in [0.3, 0.4) is 0 Å². The molecule has 0 atom stereocenters. The van der Waals surface area contributed by atoms with Crippen molar-refractivity contribution in [2.75, 3.05) is 17.2 Å². The van der Waals surface area contributed by atoms with E-state index < -0.39 is 0 Å². The summed E-state index contributed by atoms with van der Waals surface area (Å²) in [5.41, 5.74) is 2.15. The molecule has 0 aliphatic heterocycles. The molecule has 0 saturated carbocycles. The molecule has 2 N–H and O–H groups in total. The number of nitrogens with one attached hydrogen (secondary N) is 2. The van der Waals surface area contributed by atoms with E-state index in [9.17, 15) is 4.79 Å². The molecule has 0 heterocycles. The smallest absolute Gasteiger partial charge is 0.338 e. The molecule has 25 heavy (non-hydrogen) atoms. The van der Waals surface area contributed by atoms with Crippen LogP contribution in [0.5, 0.6) is 5.75 Å². The summed E-state index contributed by atoms with van der Waals surface area (Å²) in [4.78, 5) is 11.8. The number of anilines is 2. The number of hydrogen-bond acceptors (Lipinski definition) is 4. The van der Waals surface area contributed by atoms with Gasteiger partial charge < -0.3 is 20.1 Å². The fourth-order valence-corrected chi connectivity index (χ4v) is 2.30. The standard InChI is InChI=1S/C19H22N2O3S/c1-4-23-17-11-9-16(10-12-17)21-19(25)20-15-7-5-14(6-8-15)18(22)24-13(2)3/h5-13H,4H2,1-3H3,(H2,20,21,25). The van der Waals surface area contributed by atoms with E-state index in [4.69, 9.17) is 21.7 Å². The molecule has 0 fully saturated rings. The average Bonchev–Trinajstić information content (AvgIpc) is 2.57. The summed E-state index contributed by atoms with van der Waals surface area (Å²) >= 11 is 5.30. The monoisotopic (exact) mass is 358 g/mol. The predicted molar refractivity (Wildman–Crippen MR) is 104 cm³/mol. The fraction of sp³-hybridized carbons (Fsp3) is 0.263. The van der Waals surface area contributed by atoms with Crippen LogP contribution in [-0.4, -0.2) is 23.8 Å². The molecular weight excluding hydrogens is 336 g/mol. The first-order valence-electron chi connectivity index (χ1n) is 8.10. The molecule has 2 rings (SSSR count). The third-order valence-electron chi connectivity index (χ3n) is 3.14. The second-order valence-corrected chi connectivity index (χ2v) is 5.98. The zero-order valence-electron chi connectivity index (χ0n) is 14.5. The molecule has 0 spiro atoms. The summed E-state index contributed by atoms with van der Waals surface area (Å²) in [6, 6.07) is 14.5. The van der Waals surface area contributed by atoms with Crippen LogP contribution in [0.2, 0.25) is 0 Å². The zero-order valence-corrected chi connectivity index (χ0v) is 15.4. The maximum Gasteiger partial charge on any atom is 0.338 e. The van der Waals surface area contributed by atoms with Gasteiger partial charge in [0.15, 0.2) is 5.11 Å². The summed E-state index contributed by atoms with van der Waals surface area (Å²) in [6.45, 7) is 6.21. The van der Waals surface area contributed by atoms with Gasteiger partial charge in [0.2, 0.25) is 0 Å². The van der Waals surface area contributed by atoms with Gasteiger partial charge in [-0.1, -0.05) is 0 Å². The molecule has 132 valence electrons. The highest BCUT2D eigenvalue weighted by Crippen LogP contribution is 2.16. The van der Waals surface area contributed by atoms with Crippen molar-refractivity contribution < 1.29 is 14.3 Å². The third-order valence-corrected chi connectivity index (χ3v) is 3.35. The van der Waals surface area contributed by atoms with Crippen molar-refractivity contribution in [2.45, 2.75) is 26.9 Å². The lowest BCUT2D eigenvalue weighted by atomic mass is 10.2. The second kappa shape index (κ2) is 9.03. The Hall–Kier alpha value is -2.60. The number of benzene rings is 2. The van der Waals surface area contributed by atoms with Crippen LogP contribution in [0.15, 0.2) is 48.5 Å².